The molecule has 140 valence electrons. The van der Waals surface area contributed by atoms with Gasteiger partial charge in [0, 0.05) is 17.2 Å². The zero-order valence-electron chi connectivity index (χ0n) is 15.3. The molecule has 1 amide bonds. The van der Waals surface area contributed by atoms with E-state index in [4.69, 9.17) is 11.6 Å². The molecule has 1 heterocycles. The number of aromatic nitrogens is 3. The Morgan fingerprint density at radius 1 is 1.19 bits per heavy atom. The number of benzene rings is 2. The smallest absolute Gasteiger partial charge is 0.220 e. The van der Waals surface area contributed by atoms with Crippen LogP contribution in [0.5, 0.6) is 0 Å². The minimum atomic E-state index is -0.0224. The van der Waals surface area contributed by atoms with Gasteiger partial charge in [0.05, 0.1) is 12.2 Å². The van der Waals surface area contributed by atoms with E-state index in [1.54, 1.807) is 11.8 Å². The SMILES string of the molecule is CCC(=O)NCc1nnc(SCc2ccccc2)n1-c1cc(Cl)ccc1C. The maximum Gasteiger partial charge on any atom is 0.220 e. The van der Waals surface area contributed by atoms with Gasteiger partial charge in [0.15, 0.2) is 11.0 Å². The van der Waals surface area contributed by atoms with Crippen LogP contribution in [0.1, 0.15) is 30.3 Å². The summed E-state index contributed by atoms with van der Waals surface area (Å²) in [5.41, 5.74) is 3.19. The molecule has 3 aromatic rings. The number of amides is 1. The van der Waals surface area contributed by atoms with Gasteiger partial charge in [0.2, 0.25) is 5.91 Å². The lowest BCUT2D eigenvalue weighted by Crippen LogP contribution is -2.23. The molecule has 0 bridgehead atoms. The van der Waals surface area contributed by atoms with E-state index in [1.807, 2.05) is 54.8 Å². The summed E-state index contributed by atoms with van der Waals surface area (Å²) in [7, 11) is 0. The molecular weight excluding hydrogens is 380 g/mol. The number of nitrogens with zero attached hydrogens (tertiary/aromatic N) is 3. The van der Waals surface area contributed by atoms with Gasteiger partial charge in [-0.05, 0) is 30.2 Å². The van der Waals surface area contributed by atoms with Gasteiger partial charge in [-0.15, -0.1) is 10.2 Å². The van der Waals surface area contributed by atoms with E-state index in [-0.39, 0.29) is 5.91 Å². The second-order valence-electron chi connectivity index (χ2n) is 6.07. The van der Waals surface area contributed by atoms with Crippen molar-refractivity contribution >= 4 is 29.3 Å². The molecule has 0 atom stereocenters. The van der Waals surface area contributed by atoms with E-state index in [0.717, 1.165) is 22.2 Å². The van der Waals surface area contributed by atoms with Crippen LogP contribution in [0.25, 0.3) is 5.69 Å². The molecule has 0 saturated heterocycles. The number of aryl methyl sites for hydroxylation is 1. The van der Waals surface area contributed by atoms with Gasteiger partial charge in [-0.1, -0.05) is 66.7 Å². The molecule has 1 N–H and O–H groups in total. The fourth-order valence-electron chi connectivity index (χ4n) is 2.60. The van der Waals surface area contributed by atoms with Crippen molar-refractivity contribution in [2.24, 2.45) is 0 Å². The number of hydrogen-bond donors (Lipinski definition) is 1. The van der Waals surface area contributed by atoms with Crippen molar-refractivity contribution < 1.29 is 4.79 Å². The Balaban J connectivity index is 1.93. The average Bonchev–Trinajstić information content (AvgIpc) is 3.09. The van der Waals surface area contributed by atoms with Crippen molar-refractivity contribution in [2.45, 2.75) is 37.7 Å². The van der Waals surface area contributed by atoms with E-state index in [2.05, 4.69) is 27.6 Å². The maximum absolute atomic E-state index is 11.7. The molecule has 0 spiro atoms. The van der Waals surface area contributed by atoms with E-state index >= 15 is 0 Å². The van der Waals surface area contributed by atoms with Crippen LogP contribution < -0.4 is 5.32 Å². The van der Waals surface area contributed by atoms with Gasteiger partial charge < -0.3 is 5.32 Å². The summed E-state index contributed by atoms with van der Waals surface area (Å²) in [4.78, 5) is 11.7. The Bertz CT molecular complexity index is 927. The van der Waals surface area contributed by atoms with Crippen LogP contribution in [0.4, 0.5) is 0 Å². The molecule has 5 nitrogen and oxygen atoms in total. The Morgan fingerprint density at radius 2 is 1.96 bits per heavy atom. The highest BCUT2D eigenvalue weighted by atomic mass is 35.5. The Kier molecular flexibility index (Phi) is 6.53. The van der Waals surface area contributed by atoms with Crippen molar-refractivity contribution in [3.63, 3.8) is 0 Å². The lowest BCUT2D eigenvalue weighted by Gasteiger charge is -2.13. The molecule has 0 radical (unpaired) electrons. The minimum Gasteiger partial charge on any atom is -0.349 e. The summed E-state index contributed by atoms with van der Waals surface area (Å²) in [5, 5.41) is 13.0. The largest absolute Gasteiger partial charge is 0.349 e. The third kappa shape index (κ3) is 4.90. The van der Waals surface area contributed by atoms with E-state index in [0.29, 0.717) is 23.8 Å². The summed E-state index contributed by atoms with van der Waals surface area (Å²) in [6, 6.07) is 15.9. The number of rotatable bonds is 7. The van der Waals surface area contributed by atoms with Crippen LogP contribution >= 0.6 is 23.4 Å². The first-order valence-electron chi connectivity index (χ1n) is 8.72. The molecule has 7 heteroatoms. The topological polar surface area (TPSA) is 59.8 Å². The molecule has 0 unspecified atom stereocenters. The van der Waals surface area contributed by atoms with Crippen LogP contribution in [-0.2, 0) is 17.1 Å². The molecular formula is C20H21ClN4OS. The van der Waals surface area contributed by atoms with Crippen LogP contribution in [-0.4, -0.2) is 20.7 Å². The molecule has 0 saturated carbocycles. The lowest BCUT2D eigenvalue weighted by atomic mass is 10.2. The van der Waals surface area contributed by atoms with Crippen LogP contribution in [0.15, 0.2) is 53.7 Å². The summed E-state index contributed by atoms with van der Waals surface area (Å²) in [5.74, 6) is 1.43. The summed E-state index contributed by atoms with van der Waals surface area (Å²) < 4.78 is 1.98. The number of halogens is 1. The van der Waals surface area contributed by atoms with Gasteiger partial charge in [-0.25, -0.2) is 0 Å². The zero-order chi connectivity index (χ0) is 19.2. The number of thioether (sulfide) groups is 1. The number of hydrogen-bond acceptors (Lipinski definition) is 4. The third-order valence-corrected chi connectivity index (χ3v) is 5.32. The van der Waals surface area contributed by atoms with Gasteiger partial charge >= 0.3 is 0 Å². The second kappa shape index (κ2) is 9.06. The van der Waals surface area contributed by atoms with E-state index < -0.39 is 0 Å². The summed E-state index contributed by atoms with van der Waals surface area (Å²) in [6.07, 6.45) is 0.431. The Hall–Kier alpha value is -2.31. The second-order valence-corrected chi connectivity index (χ2v) is 7.45. The minimum absolute atomic E-state index is 0.0224. The van der Waals surface area contributed by atoms with E-state index in [1.165, 1.54) is 5.56 Å². The average molecular weight is 401 g/mol. The Labute approximate surface area is 168 Å². The molecule has 1 aromatic heterocycles. The van der Waals surface area contributed by atoms with Crippen molar-refractivity contribution in [3.8, 4) is 5.69 Å². The first-order valence-corrected chi connectivity index (χ1v) is 10.1. The summed E-state index contributed by atoms with van der Waals surface area (Å²) >= 11 is 7.83. The molecule has 0 aliphatic rings. The van der Waals surface area contributed by atoms with Crippen LogP contribution in [0, 0.1) is 6.92 Å². The predicted molar refractivity (Wildman–Crippen MR) is 109 cm³/mol. The number of nitrogens with one attached hydrogen (secondary N) is 1. The molecule has 0 fully saturated rings. The number of carbonyl (C=O) groups excluding carboxylic acids is 1. The van der Waals surface area contributed by atoms with E-state index in [9.17, 15) is 4.79 Å². The first kappa shape index (κ1) is 19.5. The highest BCUT2D eigenvalue weighted by Crippen LogP contribution is 2.28. The van der Waals surface area contributed by atoms with Crippen LogP contribution in [0.3, 0.4) is 0 Å². The Morgan fingerprint density at radius 3 is 2.70 bits per heavy atom. The quantitative estimate of drug-likeness (QED) is 0.591. The molecule has 2 aromatic carbocycles. The van der Waals surface area contributed by atoms with Gasteiger partial charge in [-0.2, -0.15) is 0 Å². The van der Waals surface area contributed by atoms with Crippen molar-refractivity contribution in [1.82, 2.24) is 20.1 Å². The predicted octanol–water partition coefficient (Wildman–Crippen LogP) is 4.55. The first-order chi connectivity index (χ1) is 13.1. The van der Waals surface area contributed by atoms with Crippen molar-refractivity contribution in [2.75, 3.05) is 0 Å². The van der Waals surface area contributed by atoms with Crippen LogP contribution in [0.2, 0.25) is 5.02 Å². The summed E-state index contributed by atoms with van der Waals surface area (Å²) in [6.45, 7) is 4.16. The normalized spacial score (nSPS) is 10.8. The third-order valence-electron chi connectivity index (χ3n) is 4.09. The molecule has 27 heavy (non-hydrogen) atoms. The molecule has 0 aliphatic heterocycles. The standard InChI is InChI=1S/C20H21ClN4OS/c1-3-19(26)22-12-18-23-24-20(27-13-15-7-5-4-6-8-15)25(18)17-11-16(21)10-9-14(17)2/h4-11H,3,12-13H2,1-2H3,(H,22,26). The van der Waals surface area contributed by atoms with Gasteiger partial charge in [0.25, 0.3) is 0 Å². The number of carbonyl (C=O) groups is 1. The van der Waals surface area contributed by atoms with Crippen molar-refractivity contribution in [1.29, 1.82) is 0 Å². The fourth-order valence-corrected chi connectivity index (χ4v) is 3.68. The van der Waals surface area contributed by atoms with Gasteiger partial charge in [0.1, 0.15) is 0 Å². The monoisotopic (exact) mass is 400 g/mol. The van der Waals surface area contributed by atoms with Crippen molar-refractivity contribution in [3.05, 3.63) is 70.5 Å². The maximum atomic E-state index is 11.7. The fraction of sp³-hybridized carbons (Fsp3) is 0.250. The molecule has 3 rings (SSSR count). The zero-order valence-corrected chi connectivity index (χ0v) is 16.8. The molecule has 0 aliphatic carbocycles. The highest BCUT2D eigenvalue weighted by Gasteiger charge is 2.17. The van der Waals surface area contributed by atoms with Gasteiger partial charge in [-0.3, -0.25) is 9.36 Å². The highest BCUT2D eigenvalue weighted by molar-refractivity contribution is 7.98. The lowest BCUT2D eigenvalue weighted by molar-refractivity contribution is -0.120.